The second-order valence-electron chi connectivity index (χ2n) is 6.75. The van der Waals surface area contributed by atoms with Crippen LogP contribution in [0.4, 0.5) is 13.2 Å². The van der Waals surface area contributed by atoms with Crippen molar-refractivity contribution in [2.75, 3.05) is 6.54 Å². The van der Waals surface area contributed by atoms with Crippen molar-refractivity contribution in [1.29, 1.82) is 0 Å². The van der Waals surface area contributed by atoms with Crippen LogP contribution in [-0.2, 0) is 10.4 Å². The number of nitrogens with two attached hydrogens (primary N) is 1. The molecule has 0 radical (unpaired) electrons. The van der Waals surface area contributed by atoms with Crippen LogP contribution >= 0.6 is 12.4 Å². The second kappa shape index (κ2) is 7.93. The van der Waals surface area contributed by atoms with Crippen LogP contribution in [-0.4, -0.2) is 29.3 Å². The standard InChI is InChI=1S/C17H23F3N2O2.ClH/c1-15(21)10-6-5-9-13(15)14(23)22-11-16(24,17(18,19)20)12-7-3-2-4-8-12;/h2-4,7-8,13,24H,5-6,9-11,21H2,1H3,(H,22,23);1H. The number of nitrogens with one attached hydrogen (secondary N) is 1. The van der Waals surface area contributed by atoms with Gasteiger partial charge in [-0.15, -0.1) is 12.4 Å². The topological polar surface area (TPSA) is 75.4 Å². The summed E-state index contributed by atoms with van der Waals surface area (Å²) in [7, 11) is 0. The van der Waals surface area contributed by atoms with E-state index in [9.17, 15) is 23.1 Å². The number of aliphatic hydroxyl groups is 1. The number of hydrogen-bond acceptors (Lipinski definition) is 3. The zero-order valence-corrected chi connectivity index (χ0v) is 14.8. The molecule has 3 unspecified atom stereocenters. The van der Waals surface area contributed by atoms with Crippen molar-refractivity contribution in [3.05, 3.63) is 35.9 Å². The minimum absolute atomic E-state index is 0. The molecule has 3 atom stereocenters. The zero-order chi connectivity index (χ0) is 18.0. The monoisotopic (exact) mass is 380 g/mol. The number of amides is 1. The van der Waals surface area contributed by atoms with E-state index in [1.807, 2.05) is 0 Å². The second-order valence-corrected chi connectivity index (χ2v) is 6.75. The van der Waals surface area contributed by atoms with Gasteiger partial charge in [-0.25, -0.2) is 0 Å². The van der Waals surface area contributed by atoms with Gasteiger partial charge in [-0.1, -0.05) is 43.2 Å². The molecule has 2 rings (SSSR count). The quantitative estimate of drug-likeness (QED) is 0.751. The highest BCUT2D eigenvalue weighted by atomic mass is 35.5. The van der Waals surface area contributed by atoms with Gasteiger partial charge in [0.05, 0.1) is 12.5 Å². The summed E-state index contributed by atoms with van der Waals surface area (Å²) in [6.07, 6.45) is -2.03. The van der Waals surface area contributed by atoms with E-state index in [1.54, 1.807) is 13.0 Å². The smallest absolute Gasteiger partial charge is 0.375 e. The van der Waals surface area contributed by atoms with Crippen LogP contribution in [0.25, 0.3) is 0 Å². The molecule has 0 aromatic heterocycles. The Hall–Kier alpha value is -1.31. The predicted molar refractivity (Wildman–Crippen MR) is 91.2 cm³/mol. The van der Waals surface area contributed by atoms with E-state index in [2.05, 4.69) is 5.32 Å². The molecule has 1 aliphatic rings. The molecule has 1 aromatic carbocycles. The van der Waals surface area contributed by atoms with Crippen molar-refractivity contribution in [2.24, 2.45) is 11.7 Å². The highest BCUT2D eigenvalue weighted by Crippen LogP contribution is 2.39. The number of alkyl halides is 3. The number of carbonyl (C=O) groups is 1. The fourth-order valence-corrected chi connectivity index (χ4v) is 3.21. The molecule has 1 saturated carbocycles. The molecule has 0 heterocycles. The van der Waals surface area contributed by atoms with Crippen LogP contribution in [0, 0.1) is 5.92 Å². The molecule has 1 aliphatic carbocycles. The molecule has 25 heavy (non-hydrogen) atoms. The summed E-state index contributed by atoms with van der Waals surface area (Å²) < 4.78 is 40.2. The van der Waals surface area contributed by atoms with Crippen LogP contribution < -0.4 is 11.1 Å². The van der Waals surface area contributed by atoms with Crippen molar-refractivity contribution in [3.8, 4) is 0 Å². The third-order valence-corrected chi connectivity index (χ3v) is 4.81. The lowest BCUT2D eigenvalue weighted by molar-refractivity contribution is -0.264. The highest BCUT2D eigenvalue weighted by Gasteiger charge is 2.55. The minimum atomic E-state index is -4.92. The minimum Gasteiger partial charge on any atom is -0.375 e. The Balaban J connectivity index is 0.00000312. The fraction of sp³-hybridized carbons (Fsp3) is 0.588. The molecule has 142 valence electrons. The molecule has 1 fully saturated rings. The van der Waals surface area contributed by atoms with Gasteiger partial charge in [-0.05, 0) is 25.3 Å². The summed E-state index contributed by atoms with van der Waals surface area (Å²) in [4.78, 5) is 12.3. The lowest BCUT2D eigenvalue weighted by Gasteiger charge is -2.38. The van der Waals surface area contributed by atoms with Crippen molar-refractivity contribution >= 4 is 18.3 Å². The van der Waals surface area contributed by atoms with Crippen molar-refractivity contribution in [2.45, 2.75) is 49.9 Å². The van der Waals surface area contributed by atoms with E-state index in [4.69, 9.17) is 5.73 Å². The molecular weight excluding hydrogens is 357 g/mol. The Kier molecular flexibility index (Phi) is 6.89. The summed E-state index contributed by atoms with van der Waals surface area (Å²) in [5.74, 6) is -1.10. The molecule has 0 bridgehead atoms. The maximum absolute atomic E-state index is 13.4. The van der Waals surface area contributed by atoms with Crippen LogP contribution in [0.5, 0.6) is 0 Å². The van der Waals surface area contributed by atoms with E-state index in [-0.39, 0.29) is 18.0 Å². The molecule has 1 aromatic rings. The van der Waals surface area contributed by atoms with Gasteiger partial charge in [0, 0.05) is 5.54 Å². The van der Waals surface area contributed by atoms with Gasteiger partial charge in [0.1, 0.15) is 0 Å². The molecule has 8 heteroatoms. The Labute approximate surface area is 151 Å². The van der Waals surface area contributed by atoms with Crippen molar-refractivity contribution in [3.63, 3.8) is 0 Å². The lowest BCUT2D eigenvalue weighted by atomic mass is 9.74. The number of hydrogen-bond donors (Lipinski definition) is 3. The zero-order valence-electron chi connectivity index (χ0n) is 14.0. The summed E-state index contributed by atoms with van der Waals surface area (Å²) in [5, 5.41) is 12.5. The van der Waals surface area contributed by atoms with Crippen molar-refractivity contribution in [1.82, 2.24) is 5.32 Å². The highest BCUT2D eigenvalue weighted by molar-refractivity contribution is 5.85. The number of benzene rings is 1. The summed E-state index contributed by atoms with van der Waals surface area (Å²) >= 11 is 0. The molecule has 0 spiro atoms. The number of rotatable bonds is 4. The van der Waals surface area contributed by atoms with E-state index in [1.165, 1.54) is 24.3 Å². The Morgan fingerprint density at radius 3 is 2.44 bits per heavy atom. The third-order valence-electron chi connectivity index (χ3n) is 4.81. The van der Waals surface area contributed by atoms with Crippen LogP contribution in [0.15, 0.2) is 30.3 Å². The van der Waals surface area contributed by atoms with Gasteiger partial charge < -0.3 is 16.2 Å². The van der Waals surface area contributed by atoms with Gasteiger partial charge in [0.25, 0.3) is 0 Å². The maximum atomic E-state index is 13.4. The molecule has 0 saturated heterocycles. The van der Waals surface area contributed by atoms with Gasteiger partial charge in [-0.3, -0.25) is 4.79 Å². The number of carbonyl (C=O) groups excluding carboxylic acids is 1. The average Bonchev–Trinajstić information content (AvgIpc) is 2.51. The summed E-state index contributed by atoms with van der Waals surface area (Å²) in [5.41, 5.74) is 1.93. The third kappa shape index (κ3) is 4.65. The lowest BCUT2D eigenvalue weighted by Crippen LogP contribution is -2.56. The molecule has 0 aliphatic heterocycles. The Bertz CT molecular complexity index is 581. The largest absolute Gasteiger partial charge is 0.423 e. The summed E-state index contributed by atoms with van der Waals surface area (Å²) in [6.45, 7) is 0.801. The van der Waals surface area contributed by atoms with Gasteiger partial charge >= 0.3 is 6.18 Å². The first-order chi connectivity index (χ1) is 11.1. The summed E-state index contributed by atoms with van der Waals surface area (Å²) in [6, 6.07) is 6.75. The maximum Gasteiger partial charge on any atom is 0.423 e. The van der Waals surface area contributed by atoms with E-state index in [0.717, 1.165) is 12.8 Å². The molecule has 1 amide bonds. The molecule has 4 nitrogen and oxygen atoms in total. The van der Waals surface area contributed by atoms with Gasteiger partial charge in [-0.2, -0.15) is 13.2 Å². The van der Waals surface area contributed by atoms with Crippen LogP contribution in [0.3, 0.4) is 0 Å². The van der Waals surface area contributed by atoms with E-state index < -0.39 is 35.7 Å². The van der Waals surface area contributed by atoms with Gasteiger partial charge in [0.2, 0.25) is 11.5 Å². The molecular formula is C17H24ClF3N2O2. The number of halogens is 4. The normalized spacial score (nSPS) is 26.2. The Morgan fingerprint density at radius 2 is 1.92 bits per heavy atom. The SMILES string of the molecule is CC1(N)CCCCC1C(=O)NCC(O)(c1ccccc1)C(F)(F)F.Cl. The van der Waals surface area contributed by atoms with Crippen molar-refractivity contribution < 1.29 is 23.1 Å². The first kappa shape index (κ1) is 21.7. The predicted octanol–water partition coefficient (Wildman–Crippen LogP) is 2.88. The first-order valence-electron chi connectivity index (χ1n) is 7.99. The van der Waals surface area contributed by atoms with Gasteiger partial charge in [0.15, 0.2) is 0 Å². The van der Waals surface area contributed by atoms with E-state index >= 15 is 0 Å². The van der Waals surface area contributed by atoms with Crippen LogP contribution in [0.1, 0.15) is 38.2 Å². The first-order valence-corrected chi connectivity index (χ1v) is 7.99. The fourth-order valence-electron chi connectivity index (χ4n) is 3.21. The Morgan fingerprint density at radius 1 is 1.32 bits per heavy atom. The molecule has 4 N–H and O–H groups in total. The van der Waals surface area contributed by atoms with Crippen LogP contribution in [0.2, 0.25) is 0 Å². The van der Waals surface area contributed by atoms with E-state index in [0.29, 0.717) is 12.8 Å². The average molecular weight is 381 g/mol.